The first-order valence-electron chi connectivity index (χ1n) is 9.10. The molecule has 0 spiro atoms. The van der Waals surface area contributed by atoms with Crippen LogP contribution in [0.25, 0.3) is 27.9 Å². The first-order valence-corrected chi connectivity index (χ1v) is 10.6. The highest BCUT2D eigenvalue weighted by Crippen LogP contribution is 2.37. The van der Waals surface area contributed by atoms with Crippen molar-refractivity contribution < 1.29 is 22.3 Å². The van der Waals surface area contributed by atoms with Crippen molar-refractivity contribution in [3.63, 3.8) is 0 Å². The van der Waals surface area contributed by atoms with Gasteiger partial charge in [0.05, 0.1) is 37.2 Å². The molecule has 0 atom stereocenters. The highest BCUT2D eigenvalue weighted by molar-refractivity contribution is 7.92. The lowest BCUT2D eigenvalue weighted by molar-refractivity contribution is 0.391. The minimum absolute atomic E-state index is 0.0245. The maximum Gasteiger partial charge on any atom is 0.188 e. The minimum atomic E-state index is -3.73. The van der Waals surface area contributed by atoms with E-state index in [1.807, 2.05) is 0 Å². The van der Waals surface area contributed by atoms with Gasteiger partial charge in [-0.1, -0.05) is 0 Å². The molecule has 1 aromatic carbocycles. The molecule has 3 aromatic heterocycles. The molecule has 4 rings (SSSR count). The van der Waals surface area contributed by atoms with Crippen LogP contribution in [0.5, 0.6) is 11.5 Å². The first-order chi connectivity index (χ1) is 14.1. The van der Waals surface area contributed by atoms with Gasteiger partial charge in [-0.25, -0.2) is 22.8 Å². The number of methoxy groups -OCH3 is 2. The largest absolute Gasteiger partial charge is 0.495 e. The summed E-state index contributed by atoms with van der Waals surface area (Å²) >= 11 is 0. The van der Waals surface area contributed by atoms with Gasteiger partial charge in [0, 0.05) is 17.8 Å². The number of halogens is 1. The van der Waals surface area contributed by atoms with Crippen molar-refractivity contribution in [2.45, 2.75) is 30.4 Å². The van der Waals surface area contributed by atoms with Crippen LogP contribution < -0.4 is 9.47 Å². The van der Waals surface area contributed by atoms with Gasteiger partial charge in [0.1, 0.15) is 27.3 Å². The molecule has 0 aliphatic carbocycles. The van der Waals surface area contributed by atoms with Crippen LogP contribution in [0.3, 0.4) is 0 Å². The van der Waals surface area contributed by atoms with Gasteiger partial charge in [0.15, 0.2) is 21.4 Å². The zero-order valence-corrected chi connectivity index (χ0v) is 18.0. The number of benzene rings is 1. The maximum absolute atomic E-state index is 14.7. The highest BCUT2D eigenvalue weighted by atomic mass is 32.2. The van der Waals surface area contributed by atoms with Gasteiger partial charge in [-0.2, -0.15) is 0 Å². The Hall–Kier alpha value is -3.14. The molecule has 0 aliphatic heterocycles. The molecule has 10 heteroatoms. The molecule has 0 saturated heterocycles. The molecule has 0 aliphatic rings. The Kier molecular flexibility index (Phi) is 4.50. The SMILES string of the molecule is COc1cc2ncc(-c3cc(F)c(OC)c4[nH]cnc34)n2cc1S(=O)(=O)C(C)(C)C. The number of fused-ring (bicyclic) bond motifs is 2. The van der Waals surface area contributed by atoms with Gasteiger partial charge in [-0.05, 0) is 26.8 Å². The summed E-state index contributed by atoms with van der Waals surface area (Å²) in [6, 6.07) is 2.84. The second-order valence-electron chi connectivity index (χ2n) is 7.76. The number of hydrogen-bond acceptors (Lipinski definition) is 6. The summed E-state index contributed by atoms with van der Waals surface area (Å²) in [6.45, 7) is 4.85. The van der Waals surface area contributed by atoms with Crippen molar-refractivity contribution in [1.29, 1.82) is 0 Å². The van der Waals surface area contributed by atoms with E-state index < -0.39 is 20.4 Å². The zero-order chi connectivity index (χ0) is 21.8. The van der Waals surface area contributed by atoms with Crippen molar-refractivity contribution in [2.75, 3.05) is 14.2 Å². The fraction of sp³-hybridized carbons (Fsp3) is 0.300. The molecule has 0 unspecified atom stereocenters. The fourth-order valence-electron chi connectivity index (χ4n) is 3.32. The van der Waals surface area contributed by atoms with Crippen molar-refractivity contribution in [3.05, 3.63) is 36.7 Å². The van der Waals surface area contributed by atoms with Crippen LogP contribution in [-0.4, -0.2) is 46.7 Å². The normalized spacial score (nSPS) is 12.6. The molecule has 1 N–H and O–H groups in total. The Balaban J connectivity index is 2.05. The van der Waals surface area contributed by atoms with E-state index in [4.69, 9.17) is 9.47 Å². The third-order valence-electron chi connectivity index (χ3n) is 4.98. The molecule has 3 heterocycles. The lowest BCUT2D eigenvalue weighted by Crippen LogP contribution is -2.28. The van der Waals surface area contributed by atoms with E-state index in [0.717, 1.165) is 0 Å². The average molecular weight is 432 g/mol. The molecule has 0 radical (unpaired) electrons. The molecule has 30 heavy (non-hydrogen) atoms. The smallest absolute Gasteiger partial charge is 0.188 e. The number of hydrogen-bond donors (Lipinski definition) is 1. The van der Waals surface area contributed by atoms with Crippen molar-refractivity contribution in [1.82, 2.24) is 19.4 Å². The highest BCUT2D eigenvalue weighted by Gasteiger charge is 2.34. The van der Waals surface area contributed by atoms with Crippen molar-refractivity contribution in [2.24, 2.45) is 0 Å². The van der Waals surface area contributed by atoms with E-state index in [-0.39, 0.29) is 16.4 Å². The number of aromatic amines is 1. The summed E-state index contributed by atoms with van der Waals surface area (Å²) in [6.07, 6.45) is 4.44. The van der Waals surface area contributed by atoms with Gasteiger partial charge in [0.2, 0.25) is 0 Å². The van der Waals surface area contributed by atoms with Crippen LogP contribution in [0.4, 0.5) is 4.39 Å². The molecular weight excluding hydrogens is 411 g/mol. The van der Waals surface area contributed by atoms with E-state index in [2.05, 4.69) is 15.0 Å². The Bertz CT molecular complexity index is 1380. The molecule has 0 saturated carbocycles. The number of sulfone groups is 1. The monoisotopic (exact) mass is 432 g/mol. The lowest BCUT2D eigenvalue weighted by atomic mass is 10.1. The zero-order valence-electron chi connectivity index (χ0n) is 17.1. The third-order valence-corrected chi connectivity index (χ3v) is 7.48. The molecule has 0 bridgehead atoms. The van der Waals surface area contributed by atoms with E-state index in [0.29, 0.717) is 27.9 Å². The maximum atomic E-state index is 14.7. The number of rotatable bonds is 4. The summed E-state index contributed by atoms with van der Waals surface area (Å²) in [4.78, 5) is 11.5. The minimum Gasteiger partial charge on any atom is -0.495 e. The summed E-state index contributed by atoms with van der Waals surface area (Å²) < 4.78 is 52.0. The number of nitrogens with one attached hydrogen (secondary N) is 1. The first kappa shape index (κ1) is 20.1. The number of nitrogens with zero attached hydrogens (tertiary/aromatic N) is 3. The van der Waals surface area contributed by atoms with Gasteiger partial charge in [0.25, 0.3) is 0 Å². The molecular formula is C20H21FN4O4S. The predicted octanol–water partition coefficient (Wildman–Crippen LogP) is 3.61. The number of ether oxygens (including phenoxy) is 2. The number of pyridine rings is 1. The molecule has 8 nitrogen and oxygen atoms in total. The standard InChI is InChI=1S/C20H21FN4O4S/c1-20(2,3)30(26,27)15-9-25-13(8-22-16(25)7-14(15)28-4)11-6-12(21)19(29-5)18-17(11)23-10-24-18/h6-10H,1-5H3,(H,23,24). The van der Waals surface area contributed by atoms with E-state index in [1.165, 1.54) is 39.0 Å². The van der Waals surface area contributed by atoms with Gasteiger partial charge in [-0.15, -0.1) is 0 Å². The van der Waals surface area contributed by atoms with Gasteiger partial charge in [-0.3, -0.25) is 4.40 Å². The predicted molar refractivity (Wildman–Crippen MR) is 110 cm³/mol. The van der Waals surface area contributed by atoms with Crippen molar-refractivity contribution in [3.8, 4) is 22.8 Å². The Morgan fingerprint density at radius 1 is 1.13 bits per heavy atom. The second kappa shape index (κ2) is 6.69. The van der Waals surface area contributed by atoms with Gasteiger partial charge < -0.3 is 14.5 Å². The summed E-state index contributed by atoms with van der Waals surface area (Å²) in [5.74, 6) is -0.326. The van der Waals surface area contributed by atoms with E-state index in [1.54, 1.807) is 31.2 Å². The molecule has 0 fully saturated rings. The molecule has 0 amide bonds. The van der Waals surface area contributed by atoms with Crippen molar-refractivity contribution >= 4 is 26.5 Å². The number of aromatic nitrogens is 4. The fourth-order valence-corrected chi connectivity index (χ4v) is 4.63. The van der Waals surface area contributed by atoms with Crippen LogP contribution in [0.15, 0.2) is 35.7 Å². The Morgan fingerprint density at radius 2 is 1.87 bits per heavy atom. The van der Waals surface area contributed by atoms with Gasteiger partial charge >= 0.3 is 0 Å². The topological polar surface area (TPSA) is 98.6 Å². The van der Waals surface area contributed by atoms with Crippen LogP contribution in [0.1, 0.15) is 20.8 Å². The van der Waals surface area contributed by atoms with Crippen LogP contribution in [0, 0.1) is 5.82 Å². The summed E-state index contributed by atoms with van der Waals surface area (Å²) in [5.41, 5.74) is 2.26. The van der Waals surface area contributed by atoms with Crippen LogP contribution in [-0.2, 0) is 9.84 Å². The summed E-state index contributed by atoms with van der Waals surface area (Å²) in [5, 5.41) is 0. The van der Waals surface area contributed by atoms with E-state index >= 15 is 0 Å². The van der Waals surface area contributed by atoms with Crippen LogP contribution >= 0.6 is 0 Å². The van der Waals surface area contributed by atoms with Crippen LogP contribution in [0.2, 0.25) is 0 Å². The van der Waals surface area contributed by atoms with E-state index in [9.17, 15) is 12.8 Å². The lowest BCUT2D eigenvalue weighted by Gasteiger charge is -2.21. The Morgan fingerprint density at radius 3 is 2.50 bits per heavy atom. The molecule has 158 valence electrons. The molecule has 4 aromatic rings. The Labute approximate surface area is 172 Å². The number of imidazole rings is 2. The quantitative estimate of drug-likeness (QED) is 0.529. The number of H-pyrrole nitrogens is 1. The third kappa shape index (κ3) is 2.82. The second-order valence-corrected chi connectivity index (χ2v) is 10.4. The summed E-state index contributed by atoms with van der Waals surface area (Å²) in [7, 11) is -0.944. The average Bonchev–Trinajstić information content (AvgIpc) is 3.32.